The summed E-state index contributed by atoms with van der Waals surface area (Å²) in [5, 5.41) is 3.47. The van der Waals surface area contributed by atoms with Crippen molar-refractivity contribution in [2.24, 2.45) is 0 Å². The standard InChI is InChI=1S/C29H29N5O2S/c35-26-24-25(23-14-6-5-10-20(23)18-29(24)15-7-2-8-16-29)31-27(34(26)21-11-3-1-4-12-21)32-33-28(37)30-19-22-13-9-17-36-22/h1,3-6,9-14,17H,2,7-8,15-16,18-19H2,(H,31,32)(H2,30,33,37). The highest BCUT2D eigenvalue weighted by molar-refractivity contribution is 7.80. The van der Waals surface area contributed by atoms with Crippen molar-refractivity contribution in [1.29, 1.82) is 0 Å². The zero-order valence-electron chi connectivity index (χ0n) is 20.5. The number of para-hydroxylation sites is 1. The van der Waals surface area contributed by atoms with E-state index >= 15 is 0 Å². The van der Waals surface area contributed by atoms with Gasteiger partial charge in [-0.2, -0.15) is 0 Å². The van der Waals surface area contributed by atoms with Crippen molar-refractivity contribution in [2.75, 3.05) is 5.43 Å². The zero-order valence-corrected chi connectivity index (χ0v) is 21.3. The maximum atomic E-state index is 14.4. The summed E-state index contributed by atoms with van der Waals surface area (Å²) in [5.74, 6) is 1.16. The Morgan fingerprint density at radius 1 is 1.00 bits per heavy atom. The summed E-state index contributed by atoms with van der Waals surface area (Å²) in [4.78, 5) is 19.5. The second-order valence-corrected chi connectivity index (χ2v) is 10.2. The lowest BCUT2D eigenvalue weighted by Gasteiger charge is -2.42. The first-order valence-corrected chi connectivity index (χ1v) is 13.2. The molecule has 37 heavy (non-hydrogen) atoms. The van der Waals surface area contributed by atoms with Gasteiger partial charge < -0.3 is 9.73 Å². The second-order valence-electron chi connectivity index (χ2n) is 9.82. The van der Waals surface area contributed by atoms with Crippen LogP contribution in [0.2, 0.25) is 0 Å². The second kappa shape index (κ2) is 9.86. The normalized spacial score (nSPS) is 15.5. The van der Waals surface area contributed by atoms with Gasteiger partial charge in [0.25, 0.3) is 5.56 Å². The van der Waals surface area contributed by atoms with E-state index in [-0.39, 0.29) is 11.0 Å². The minimum Gasteiger partial charge on any atom is -0.467 e. The summed E-state index contributed by atoms with van der Waals surface area (Å²) in [5.41, 5.74) is 10.6. The van der Waals surface area contributed by atoms with Crippen LogP contribution in [0.1, 0.15) is 49.0 Å². The summed E-state index contributed by atoms with van der Waals surface area (Å²) in [6.45, 7) is 0.444. The van der Waals surface area contributed by atoms with Crippen LogP contribution < -0.4 is 21.7 Å². The number of benzene rings is 2. The summed E-state index contributed by atoms with van der Waals surface area (Å²) >= 11 is 5.46. The first-order chi connectivity index (χ1) is 18.1. The Morgan fingerprint density at radius 2 is 1.78 bits per heavy atom. The number of nitrogens with one attached hydrogen (secondary N) is 3. The van der Waals surface area contributed by atoms with Crippen LogP contribution >= 0.6 is 12.2 Å². The van der Waals surface area contributed by atoms with Crippen LogP contribution in [-0.2, 0) is 18.4 Å². The van der Waals surface area contributed by atoms with Gasteiger partial charge in [-0.05, 0) is 61.3 Å². The molecule has 1 saturated carbocycles. The van der Waals surface area contributed by atoms with Crippen molar-refractivity contribution in [1.82, 2.24) is 20.3 Å². The molecule has 2 aromatic heterocycles. The molecule has 3 N–H and O–H groups in total. The highest BCUT2D eigenvalue weighted by Crippen LogP contribution is 2.48. The lowest BCUT2D eigenvalue weighted by atomic mass is 9.62. The monoisotopic (exact) mass is 511 g/mol. The van der Waals surface area contributed by atoms with Gasteiger partial charge >= 0.3 is 0 Å². The molecular weight excluding hydrogens is 482 g/mol. The number of hydrogen-bond acceptors (Lipinski definition) is 5. The third kappa shape index (κ3) is 4.42. The number of thiocarbonyl (C=S) groups is 1. The fraction of sp³-hybridized carbons (Fsp3) is 0.276. The SMILES string of the molecule is O=c1c2c(nc(NNC(=S)NCc3ccco3)n1-c1ccccc1)-c1ccccc1CC21CCCCC1. The zero-order chi connectivity index (χ0) is 25.2. The number of rotatable bonds is 5. The van der Waals surface area contributed by atoms with Crippen molar-refractivity contribution >= 4 is 23.3 Å². The minimum absolute atomic E-state index is 0.0219. The van der Waals surface area contributed by atoms with Gasteiger partial charge in [-0.3, -0.25) is 15.6 Å². The van der Waals surface area contributed by atoms with Gasteiger partial charge in [0.1, 0.15) is 5.76 Å². The van der Waals surface area contributed by atoms with E-state index in [0.29, 0.717) is 17.6 Å². The van der Waals surface area contributed by atoms with E-state index in [0.717, 1.165) is 60.4 Å². The van der Waals surface area contributed by atoms with Gasteiger partial charge in [0.2, 0.25) is 5.95 Å². The van der Waals surface area contributed by atoms with Crippen LogP contribution in [-0.4, -0.2) is 14.7 Å². The smallest absolute Gasteiger partial charge is 0.263 e. The maximum absolute atomic E-state index is 14.4. The molecule has 2 aliphatic carbocycles. The van der Waals surface area contributed by atoms with Gasteiger partial charge in [0.05, 0.1) is 29.8 Å². The van der Waals surface area contributed by atoms with E-state index in [2.05, 4.69) is 34.4 Å². The van der Waals surface area contributed by atoms with E-state index < -0.39 is 0 Å². The van der Waals surface area contributed by atoms with Crippen LogP contribution in [0.15, 0.2) is 82.2 Å². The molecule has 0 aliphatic heterocycles. The van der Waals surface area contributed by atoms with Crippen LogP contribution in [0.4, 0.5) is 5.95 Å². The Balaban J connectivity index is 1.44. The third-order valence-corrected chi connectivity index (χ3v) is 7.78. The van der Waals surface area contributed by atoms with Crippen molar-refractivity contribution < 1.29 is 4.42 Å². The summed E-state index contributed by atoms with van der Waals surface area (Å²) < 4.78 is 7.03. The van der Waals surface area contributed by atoms with E-state index in [4.69, 9.17) is 21.6 Å². The summed E-state index contributed by atoms with van der Waals surface area (Å²) in [6.07, 6.45) is 7.99. The molecule has 4 aromatic rings. The predicted octanol–water partition coefficient (Wildman–Crippen LogP) is 5.24. The van der Waals surface area contributed by atoms with E-state index in [9.17, 15) is 4.79 Å². The molecule has 2 heterocycles. The average Bonchev–Trinajstić information content (AvgIpc) is 3.45. The van der Waals surface area contributed by atoms with Crippen LogP contribution in [0.25, 0.3) is 16.9 Å². The number of aromatic nitrogens is 2. The number of fused-ring (bicyclic) bond motifs is 4. The molecule has 8 heteroatoms. The summed E-state index contributed by atoms with van der Waals surface area (Å²) in [7, 11) is 0. The molecule has 0 bridgehead atoms. The van der Waals surface area contributed by atoms with Gasteiger partial charge in [0, 0.05) is 11.0 Å². The van der Waals surface area contributed by atoms with Crippen molar-refractivity contribution in [3.63, 3.8) is 0 Å². The number of hydrogen-bond donors (Lipinski definition) is 3. The Morgan fingerprint density at radius 3 is 2.57 bits per heavy atom. The van der Waals surface area contributed by atoms with Gasteiger partial charge in [0.15, 0.2) is 5.11 Å². The molecule has 0 saturated heterocycles. The molecular formula is C29H29N5O2S. The molecule has 1 fully saturated rings. The lowest BCUT2D eigenvalue weighted by Crippen LogP contribution is -2.44. The fourth-order valence-corrected chi connectivity index (χ4v) is 5.97. The highest BCUT2D eigenvalue weighted by Gasteiger charge is 2.43. The van der Waals surface area contributed by atoms with E-state index in [1.807, 2.05) is 48.5 Å². The average molecular weight is 512 g/mol. The first kappa shape index (κ1) is 23.5. The van der Waals surface area contributed by atoms with Crippen molar-refractivity contribution in [3.8, 4) is 16.9 Å². The van der Waals surface area contributed by atoms with Crippen LogP contribution in [0.3, 0.4) is 0 Å². The van der Waals surface area contributed by atoms with Crippen LogP contribution in [0.5, 0.6) is 0 Å². The molecule has 188 valence electrons. The largest absolute Gasteiger partial charge is 0.467 e. The quantitative estimate of drug-likeness (QED) is 0.250. The highest BCUT2D eigenvalue weighted by atomic mass is 32.1. The maximum Gasteiger partial charge on any atom is 0.263 e. The molecule has 2 aliphatic rings. The number of nitrogens with zero attached hydrogens (tertiary/aromatic N) is 2. The minimum atomic E-state index is -0.186. The molecule has 7 nitrogen and oxygen atoms in total. The predicted molar refractivity (Wildman–Crippen MR) is 149 cm³/mol. The van der Waals surface area contributed by atoms with Gasteiger partial charge in [-0.15, -0.1) is 0 Å². The van der Waals surface area contributed by atoms with E-state index in [1.165, 1.54) is 12.0 Å². The Kier molecular flexibility index (Phi) is 6.26. The Hall–Kier alpha value is -3.91. The molecule has 2 aromatic carbocycles. The molecule has 6 rings (SSSR count). The fourth-order valence-electron chi connectivity index (χ4n) is 5.85. The Bertz CT molecular complexity index is 1470. The number of anilines is 1. The molecule has 1 spiro atoms. The molecule has 0 amide bonds. The first-order valence-electron chi connectivity index (χ1n) is 12.8. The van der Waals surface area contributed by atoms with Crippen molar-refractivity contribution in [3.05, 3.63) is 100 Å². The lowest BCUT2D eigenvalue weighted by molar-refractivity contribution is 0.284. The topological polar surface area (TPSA) is 84.1 Å². The van der Waals surface area contributed by atoms with Gasteiger partial charge in [-0.25, -0.2) is 9.55 Å². The molecule has 0 atom stereocenters. The molecule has 0 radical (unpaired) electrons. The summed E-state index contributed by atoms with van der Waals surface area (Å²) in [6, 6.07) is 21.7. The number of hydrazine groups is 1. The third-order valence-electron chi connectivity index (χ3n) is 7.53. The van der Waals surface area contributed by atoms with E-state index in [1.54, 1.807) is 10.8 Å². The Labute approximate surface area is 220 Å². The molecule has 0 unspecified atom stereocenters. The van der Waals surface area contributed by atoms with Gasteiger partial charge in [-0.1, -0.05) is 61.7 Å². The number of furan rings is 1. The van der Waals surface area contributed by atoms with Crippen LogP contribution in [0, 0.1) is 0 Å². The van der Waals surface area contributed by atoms with Crippen molar-refractivity contribution in [2.45, 2.75) is 50.5 Å².